The Balaban J connectivity index is 2.19. The van der Waals surface area contributed by atoms with Crippen molar-refractivity contribution in [2.24, 2.45) is 0 Å². The molecule has 0 fully saturated rings. The van der Waals surface area contributed by atoms with Crippen molar-refractivity contribution in [2.45, 2.75) is 13.2 Å². The van der Waals surface area contributed by atoms with Crippen molar-refractivity contribution in [3.05, 3.63) is 47.0 Å². The van der Waals surface area contributed by atoms with Crippen LogP contribution in [0.1, 0.15) is 16.8 Å². The zero-order valence-corrected chi connectivity index (χ0v) is 9.85. The van der Waals surface area contributed by atoms with Crippen molar-refractivity contribution >= 4 is 0 Å². The van der Waals surface area contributed by atoms with Gasteiger partial charge in [0, 0.05) is 28.5 Å². The molecular formula is C14H9FN2O2. The molecule has 2 aromatic rings. The molecule has 1 aromatic carbocycles. The van der Waals surface area contributed by atoms with Crippen LogP contribution in [0.2, 0.25) is 0 Å². The number of halogens is 1. The number of fused-ring (bicyclic) bond motifs is 3. The lowest BCUT2D eigenvalue weighted by molar-refractivity contribution is 0.271. The molecule has 0 aliphatic carbocycles. The van der Waals surface area contributed by atoms with Gasteiger partial charge in [-0.25, -0.2) is 9.37 Å². The number of rotatable bonds is 1. The fraction of sp³-hybridized carbons (Fsp3) is 0.143. The molecule has 0 saturated heterocycles. The molecule has 5 heteroatoms. The summed E-state index contributed by atoms with van der Waals surface area (Å²) in [5.41, 5.74) is 2.65. The van der Waals surface area contributed by atoms with Gasteiger partial charge in [-0.15, -0.1) is 0 Å². The predicted molar refractivity (Wildman–Crippen MR) is 64.6 cm³/mol. The van der Waals surface area contributed by atoms with Crippen LogP contribution in [0, 0.1) is 17.1 Å². The molecule has 0 radical (unpaired) electrons. The summed E-state index contributed by atoms with van der Waals surface area (Å²) in [4.78, 5) is 3.99. The highest BCUT2D eigenvalue weighted by molar-refractivity contribution is 5.75. The van der Waals surface area contributed by atoms with Crippen molar-refractivity contribution in [1.29, 1.82) is 5.26 Å². The van der Waals surface area contributed by atoms with E-state index >= 15 is 0 Å². The first kappa shape index (κ1) is 11.6. The second-order valence-electron chi connectivity index (χ2n) is 4.23. The van der Waals surface area contributed by atoms with Crippen molar-refractivity contribution < 1.29 is 14.2 Å². The first-order valence-corrected chi connectivity index (χ1v) is 5.68. The minimum Gasteiger partial charge on any atom is -0.488 e. The van der Waals surface area contributed by atoms with Crippen LogP contribution in [0.25, 0.3) is 11.1 Å². The van der Waals surface area contributed by atoms with Crippen molar-refractivity contribution in [1.82, 2.24) is 4.98 Å². The number of aliphatic hydroxyl groups is 1. The van der Waals surface area contributed by atoms with Crippen LogP contribution in [0.4, 0.5) is 4.39 Å². The normalized spacial score (nSPS) is 12.1. The van der Waals surface area contributed by atoms with Gasteiger partial charge >= 0.3 is 0 Å². The number of hydrogen-bond donors (Lipinski definition) is 1. The minimum absolute atomic E-state index is 0.198. The van der Waals surface area contributed by atoms with E-state index in [4.69, 9.17) is 15.1 Å². The van der Waals surface area contributed by atoms with E-state index in [9.17, 15) is 4.39 Å². The summed E-state index contributed by atoms with van der Waals surface area (Å²) in [6, 6.07) is 6.41. The van der Waals surface area contributed by atoms with E-state index < -0.39 is 5.82 Å². The lowest BCUT2D eigenvalue weighted by Crippen LogP contribution is -2.08. The number of pyridine rings is 1. The van der Waals surface area contributed by atoms with Crippen molar-refractivity contribution in [3.63, 3.8) is 0 Å². The first-order valence-electron chi connectivity index (χ1n) is 5.68. The maximum atomic E-state index is 13.7. The van der Waals surface area contributed by atoms with Crippen LogP contribution in [0.3, 0.4) is 0 Å². The van der Waals surface area contributed by atoms with Crippen LogP contribution in [0.15, 0.2) is 24.4 Å². The van der Waals surface area contributed by atoms with Crippen LogP contribution in [-0.4, -0.2) is 10.1 Å². The fourth-order valence-corrected chi connectivity index (χ4v) is 2.12. The largest absolute Gasteiger partial charge is 0.488 e. The number of aromatic nitrogens is 1. The van der Waals surface area contributed by atoms with Gasteiger partial charge in [0.05, 0.1) is 6.61 Å². The van der Waals surface area contributed by atoms with Gasteiger partial charge < -0.3 is 9.84 Å². The van der Waals surface area contributed by atoms with Gasteiger partial charge in [0.1, 0.15) is 29.9 Å². The second-order valence-corrected chi connectivity index (χ2v) is 4.23. The van der Waals surface area contributed by atoms with Gasteiger partial charge in [0.25, 0.3) is 0 Å². The Labute approximate surface area is 108 Å². The molecular weight excluding hydrogens is 247 g/mol. The number of aliphatic hydroxyl groups excluding tert-OH is 1. The average molecular weight is 256 g/mol. The molecule has 1 aromatic heterocycles. The third-order valence-corrected chi connectivity index (χ3v) is 3.10. The van der Waals surface area contributed by atoms with E-state index in [1.165, 1.54) is 12.1 Å². The average Bonchev–Trinajstić information content (AvgIpc) is 2.45. The fourth-order valence-electron chi connectivity index (χ4n) is 2.12. The van der Waals surface area contributed by atoms with E-state index in [0.29, 0.717) is 23.6 Å². The summed E-state index contributed by atoms with van der Waals surface area (Å²) in [7, 11) is 0. The van der Waals surface area contributed by atoms with Gasteiger partial charge in [0.15, 0.2) is 0 Å². The van der Waals surface area contributed by atoms with Crippen molar-refractivity contribution in [3.8, 4) is 22.9 Å². The minimum atomic E-state index is -0.484. The summed E-state index contributed by atoms with van der Waals surface area (Å²) in [5.74, 6) is 0.0338. The predicted octanol–water partition coefficient (Wildman–Crippen LogP) is 2.14. The molecule has 0 bridgehead atoms. The molecule has 0 unspecified atom stereocenters. The summed E-state index contributed by atoms with van der Waals surface area (Å²) >= 11 is 0. The van der Waals surface area contributed by atoms with E-state index in [0.717, 1.165) is 11.1 Å². The number of nitrogens with zero attached hydrogens (tertiary/aromatic N) is 2. The highest BCUT2D eigenvalue weighted by Crippen LogP contribution is 2.38. The topological polar surface area (TPSA) is 66.1 Å². The Bertz CT molecular complexity index is 707. The Hall–Kier alpha value is -2.45. The summed E-state index contributed by atoms with van der Waals surface area (Å²) < 4.78 is 19.3. The third-order valence-electron chi connectivity index (χ3n) is 3.10. The van der Waals surface area contributed by atoms with Gasteiger partial charge in [0.2, 0.25) is 0 Å². The number of ether oxygens (including phenoxy) is 1. The standard InChI is InChI=1S/C14H9FN2O2/c15-13-3-11-12-5-17-10(4-16)1-9(12)7-19-14(11)2-8(13)6-18/h1-3,5,18H,6-7H2. The van der Waals surface area contributed by atoms with Crippen LogP contribution < -0.4 is 4.74 Å². The SMILES string of the molecule is N#Cc1cc2c(cn1)-c1cc(F)c(CO)cc1OC2. The summed E-state index contributed by atoms with van der Waals surface area (Å²) in [6.07, 6.45) is 1.55. The second kappa shape index (κ2) is 4.34. The third kappa shape index (κ3) is 1.83. The summed E-state index contributed by atoms with van der Waals surface area (Å²) in [6.45, 7) is -0.0724. The molecule has 1 N–H and O–H groups in total. The monoisotopic (exact) mass is 256 g/mol. The molecule has 1 aliphatic rings. The van der Waals surface area contributed by atoms with Crippen molar-refractivity contribution in [2.75, 3.05) is 0 Å². The highest BCUT2D eigenvalue weighted by Gasteiger charge is 2.20. The van der Waals surface area contributed by atoms with E-state index in [2.05, 4.69) is 4.98 Å². The molecule has 19 heavy (non-hydrogen) atoms. The number of benzene rings is 1. The molecule has 3 rings (SSSR count). The Kier molecular flexibility index (Phi) is 2.65. The van der Waals surface area contributed by atoms with E-state index in [1.807, 2.05) is 6.07 Å². The lowest BCUT2D eigenvalue weighted by Gasteiger charge is -2.21. The van der Waals surface area contributed by atoms with Gasteiger partial charge in [-0.1, -0.05) is 0 Å². The number of nitriles is 1. The molecule has 0 saturated carbocycles. The Morgan fingerprint density at radius 1 is 1.37 bits per heavy atom. The molecule has 0 spiro atoms. The van der Waals surface area contributed by atoms with Crippen LogP contribution in [-0.2, 0) is 13.2 Å². The quantitative estimate of drug-likeness (QED) is 0.848. The summed E-state index contributed by atoms with van der Waals surface area (Å²) in [5, 5.41) is 17.8. The van der Waals surface area contributed by atoms with Gasteiger partial charge in [-0.2, -0.15) is 5.26 Å². The number of hydrogen-bond acceptors (Lipinski definition) is 4. The molecule has 4 nitrogen and oxygen atoms in total. The van der Waals surface area contributed by atoms with Crippen LogP contribution >= 0.6 is 0 Å². The van der Waals surface area contributed by atoms with Gasteiger partial charge in [-0.05, 0) is 18.2 Å². The zero-order chi connectivity index (χ0) is 13.4. The smallest absolute Gasteiger partial charge is 0.140 e. The maximum absolute atomic E-state index is 13.7. The Morgan fingerprint density at radius 3 is 2.95 bits per heavy atom. The molecule has 0 amide bonds. The van der Waals surface area contributed by atoms with E-state index in [1.54, 1.807) is 12.3 Å². The molecule has 0 atom stereocenters. The van der Waals surface area contributed by atoms with E-state index in [-0.39, 0.29) is 12.2 Å². The highest BCUT2D eigenvalue weighted by atomic mass is 19.1. The molecule has 94 valence electrons. The zero-order valence-electron chi connectivity index (χ0n) is 9.85. The molecule has 2 heterocycles. The maximum Gasteiger partial charge on any atom is 0.140 e. The lowest BCUT2D eigenvalue weighted by atomic mass is 9.97. The van der Waals surface area contributed by atoms with Gasteiger partial charge in [-0.3, -0.25) is 0 Å². The molecule has 1 aliphatic heterocycles. The first-order chi connectivity index (χ1) is 9.22. The van der Waals surface area contributed by atoms with Crippen LogP contribution in [0.5, 0.6) is 5.75 Å². The Morgan fingerprint density at radius 2 is 2.21 bits per heavy atom.